The van der Waals surface area contributed by atoms with E-state index in [0.717, 1.165) is 12.2 Å². The van der Waals surface area contributed by atoms with Crippen molar-refractivity contribution in [1.82, 2.24) is 14.5 Å². The molecule has 0 radical (unpaired) electrons. The van der Waals surface area contributed by atoms with Gasteiger partial charge in [0.1, 0.15) is 0 Å². The maximum absolute atomic E-state index is 10.4. The summed E-state index contributed by atoms with van der Waals surface area (Å²) in [5, 5.41) is 8.59. The molecule has 1 rings (SSSR count). The molecule has 0 saturated heterocycles. The molecule has 0 spiro atoms. The van der Waals surface area contributed by atoms with Gasteiger partial charge in [-0.2, -0.15) is 0 Å². The third-order valence-electron chi connectivity index (χ3n) is 2.44. The quantitative estimate of drug-likeness (QED) is 0.794. The number of rotatable bonds is 6. The summed E-state index contributed by atoms with van der Waals surface area (Å²) in [5.41, 5.74) is 1.11. The Morgan fingerprint density at radius 1 is 1.62 bits per heavy atom. The Hall–Kier alpha value is -1.36. The number of imidazole rings is 1. The van der Waals surface area contributed by atoms with Crippen LogP contribution in [0.4, 0.5) is 0 Å². The molecule has 0 unspecified atom stereocenters. The van der Waals surface area contributed by atoms with E-state index in [-0.39, 0.29) is 6.42 Å². The molecule has 1 aromatic rings. The van der Waals surface area contributed by atoms with Gasteiger partial charge in [-0.25, -0.2) is 4.98 Å². The lowest BCUT2D eigenvalue weighted by Crippen LogP contribution is -2.23. The van der Waals surface area contributed by atoms with E-state index in [4.69, 9.17) is 5.11 Å². The van der Waals surface area contributed by atoms with Crippen molar-refractivity contribution >= 4 is 5.97 Å². The lowest BCUT2D eigenvalue weighted by molar-refractivity contribution is -0.137. The zero-order valence-corrected chi connectivity index (χ0v) is 10.1. The first-order chi connectivity index (χ1) is 7.50. The molecule has 5 nitrogen and oxygen atoms in total. The van der Waals surface area contributed by atoms with E-state index in [2.05, 4.69) is 23.4 Å². The second-order valence-electron chi connectivity index (χ2n) is 4.27. The van der Waals surface area contributed by atoms with Gasteiger partial charge in [0.15, 0.2) is 0 Å². The Morgan fingerprint density at radius 3 is 2.88 bits per heavy atom. The number of carbonyl (C=O) groups is 1. The van der Waals surface area contributed by atoms with Crippen LogP contribution in [0.5, 0.6) is 0 Å². The molecule has 90 valence electrons. The molecule has 0 fully saturated rings. The fraction of sp³-hybridized carbons (Fsp3) is 0.636. The molecule has 0 bridgehead atoms. The number of hydrogen-bond donors (Lipinski definition) is 1. The maximum atomic E-state index is 10.4. The van der Waals surface area contributed by atoms with Crippen LogP contribution in [-0.2, 0) is 11.3 Å². The summed E-state index contributed by atoms with van der Waals surface area (Å²) >= 11 is 0. The number of carboxylic acid groups (broad SMARTS) is 1. The molecule has 1 heterocycles. The van der Waals surface area contributed by atoms with Gasteiger partial charge in [0.25, 0.3) is 0 Å². The van der Waals surface area contributed by atoms with E-state index in [1.165, 1.54) is 0 Å². The van der Waals surface area contributed by atoms with Gasteiger partial charge in [-0.15, -0.1) is 0 Å². The van der Waals surface area contributed by atoms with E-state index < -0.39 is 5.97 Å². The average molecular weight is 225 g/mol. The lowest BCUT2D eigenvalue weighted by atomic mass is 10.3. The predicted octanol–water partition coefficient (Wildman–Crippen LogP) is 1.37. The third-order valence-corrected chi connectivity index (χ3v) is 2.44. The van der Waals surface area contributed by atoms with E-state index in [1.54, 1.807) is 0 Å². The maximum Gasteiger partial charge on any atom is 0.304 e. The van der Waals surface area contributed by atoms with Crippen LogP contribution < -0.4 is 0 Å². The van der Waals surface area contributed by atoms with Crippen molar-refractivity contribution in [2.75, 3.05) is 13.6 Å². The molecule has 0 aliphatic heterocycles. The van der Waals surface area contributed by atoms with Crippen molar-refractivity contribution in [3.05, 3.63) is 18.2 Å². The molecular formula is C11H19N3O2. The molecule has 0 saturated carbocycles. The molecule has 16 heavy (non-hydrogen) atoms. The standard InChI is InChI=1S/C11H19N3O2/c1-9(2)14-8-12-6-10(14)7-13(3)5-4-11(15)16/h6,8-9H,4-5,7H2,1-3H3,(H,15,16). The zero-order chi connectivity index (χ0) is 12.1. The highest BCUT2D eigenvalue weighted by atomic mass is 16.4. The number of aromatic nitrogens is 2. The Kier molecular flexibility index (Phi) is 4.49. The Morgan fingerprint density at radius 2 is 2.31 bits per heavy atom. The number of nitrogens with zero attached hydrogens (tertiary/aromatic N) is 3. The van der Waals surface area contributed by atoms with Crippen LogP contribution in [0.2, 0.25) is 0 Å². The van der Waals surface area contributed by atoms with Gasteiger partial charge in [-0.3, -0.25) is 9.69 Å². The molecule has 0 aliphatic rings. The van der Waals surface area contributed by atoms with E-state index >= 15 is 0 Å². The van der Waals surface area contributed by atoms with Gasteiger partial charge in [-0.05, 0) is 20.9 Å². The van der Waals surface area contributed by atoms with Crippen LogP contribution >= 0.6 is 0 Å². The molecule has 0 aliphatic carbocycles. The van der Waals surface area contributed by atoms with E-state index in [0.29, 0.717) is 12.6 Å². The second-order valence-corrected chi connectivity index (χ2v) is 4.27. The Bertz CT molecular complexity index is 347. The van der Waals surface area contributed by atoms with Crippen molar-refractivity contribution in [2.24, 2.45) is 0 Å². The van der Waals surface area contributed by atoms with Crippen LogP contribution in [0.1, 0.15) is 32.0 Å². The average Bonchev–Trinajstić information content (AvgIpc) is 2.62. The highest BCUT2D eigenvalue weighted by molar-refractivity contribution is 5.66. The van der Waals surface area contributed by atoms with Gasteiger partial charge in [0.05, 0.1) is 18.4 Å². The molecule has 0 amide bonds. The largest absolute Gasteiger partial charge is 0.481 e. The van der Waals surface area contributed by atoms with Crippen molar-refractivity contribution in [1.29, 1.82) is 0 Å². The van der Waals surface area contributed by atoms with Crippen molar-refractivity contribution in [3.63, 3.8) is 0 Å². The van der Waals surface area contributed by atoms with Gasteiger partial charge in [0.2, 0.25) is 0 Å². The Balaban J connectivity index is 2.52. The molecule has 1 aromatic heterocycles. The summed E-state index contributed by atoms with van der Waals surface area (Å²) in [6, 6.07) is 0.380. The first-order valence-electron chi connectivity index (χ1n) is 5.41. The topological polar surface area (TPSA) is 58.4 Å². The minimum Gasteiger partial charge on any atom is -0.481 e. The molecule has 0 aromatic carbocycles. The SMILES string of the molecule is CC(C)n1cncc1CN(C)CCC(=O)O. The van der Waals surface area contributed by atoms with Crippen molar-refractivity contribution in [3.8, 4) is 0 Å². The summed E-state index contributed by atoms with van der Waals surface area (Å²) in [4.78, 5) is 16.5. The molecule has 1 N–H and O–H groups in total. The summed E-state index contributed by atoms with van der Waals surface area (Å²) in [6.45, 7) is 5.48. The van der Waals surface area contributed by atoms with Crippen LogP contribution in [0.25, 0.3) is 0 Å². The Labute approximate surface area is 95.7 Å². The summed E-state index contributed by atoms with van der Waals surface area (Å²) in [7, 11) is 1.92. The lowest BCUT2D eigenvalue weighted by Gasteiger charge is -2.18. The normalized spacial score (nSPS) is 11.3. The molecule has 0 atom stereocenters. The fourth-order valence-electron chi connectivity index (χ4n) is 1.56. The van der Waals surface area contributed by atoms with E-state index in [9.17, 15) is 4.79 Å². The van der Waals surface area contributed by atoms with Crippen molar-refractivity contribution < 1.29 is 9.90 Å². The monoisotopic (exact) mass is 225 g/mol. The first-order valence-corrected chi connectivity index (χ1v) is 5.41. The van der Waals surface area contributed by atoms with Gasteiger partial charge in [0, 0.05) is 25.3 Å². The van der Waals surface area contributed by atoms with Crippen LogP contribution in [0.3, 0.4) is 0 Å². The highest BCUT2D eigenvalue weighted by Crippen LogP contribution is 2.10. The summed E-state index contributed by atoms with van der Waals surface area (Å²) < 4.78 is 2.09. The number of aliphatic carboxylic acids is 1. The van der Waals surface area contributed by atoms with Crippen LogP contribution in [0.15, 0.2) is 12.5 Å². The fourth-order valence-corrected chi connectivity index (χ4v) is 1.56. The second kappa shape index (κ2) is 5.65. The number of hydrogen-bond acceptors (Lipinski definition) is 3. The minimum atomic E-state index is -0.760. The molecule has 5 heteroatoms. The molecular weight excluding hydrogens is 206 g/mol. The van der Waals surface area contributed by atoms with Gasteiger partial charge in [-0.1, -0.05) is 0 Å². The minimum absolute atomic E-state index is 0.173. The van der Waals surface area contributed by atoms with Crippen LogP contribution in [-0.4, -0.2) is 39.1 Å². The van der Waals surface area contributed by atoms with Crippen LogP contribution in [0, 0.1) is 0 Å². The number of carboxylic acids is 1. The van der Waals surface area contributed by atoms with E-state index in [1.807, 2.05) is 24.5 Å². The third kappa shape index (κ3) is 3.66. The summed E-state index contributed by atoms with van der Waals surface area (Å²) in [6.07, 6.45) is 3.81. The first kappa shape index (κ1) is 12.7. The highest BCUT2D eigenvalue weighted by Gasteiger charge is 2.08. The summed E-state index contributed by atoms with van der Waals surface area (Å²) in [5.74, 6) is -0.760. The van der Waals surface area contributed by atoms with Crippen molar-refractivity contribution in [2.45, 2.75) is 32.9 Å². The predicted molar refractivity (Wildman–Crippen MR) is 61.2 cm³/mol. The zero-order valence-electron chi connectivity index (χ0n) is 10.1. The van der Waals surface area contributed by atoms with Gasteiger partial charge >= 0.3 is 5.97 Å². The van der Waals surface area contributed by atoms with Gasteiger partial charge < -0.3 is 9.67 Å². The smallest absolute Gasteiger partial charge is 0.304 e.